The van der Waals surface area contributed by atoms with Gasteiger partial charge in [0.25, 0.3) is 40.5 Å². The normalized spacial score (nSPS) is 20.4. The number of carbonyl (C=O) groups is 2. The highest BCUT2D eigenvalue weighted by atomic mass is 32.2. The molecule has 0 aromatic heterocycles. The lowest BCUT2D eigenvalue weighted by molar-refractivity contribution is -0.438. The van der Waals surface area contributed by atoms with E-state index in [0.29, 0.717) is 53.2 Å². The van der Waals surface area contributed by atoms with E-state index in [-0.39, 0.29) is 67.7 Å². The summed E-state index contributed by atoms with van der Waals surface area (Å²) < 4.78 is 135. The summed E-state index contributed by atoms with van der Waals surface area (Å²) in [4.78, 5) is 26.3. The van der Waals surface area contributed by atoms with E-state index in [0.717, 1.165) is 0 Å². The molecule has 0 bridgehead atoms. The standard InChI is InChI=1S/C39H48N2O16S4/c1-38(2)29-21-25(60(52,53)54)12-14-31(29)40(18-8-10-20-59(49,50)51)33(38)23-27-36(44)28(37(27)45)24-34-39(3,16-6-9-19-58(46,47)48)30-22-26(61(55,56)57)13-15-32(30)41(34)17-7-4-5-11-35(42)43/h12-15,21-24H,4-11,16-20H2,1-3H3,(H5-,42,43,44,45,46,47,48,49,50,51,52,53,54,55,56,57)/p+1. The lowest BCUT2D eigenvalue weighted by atomic mass is 9.75. The predicted octanol–water partition coefficient (Wildman–Crippen LogP) is 4.91. The molecule has 0 saturated heterocycles. The van der Waals surface area contributed by atoms with Gasteiger partial charge in [0.15, 0.2) is 5.71 Å². The summed E-state index contributed by atoms with van der Waals surface area (Å²) in [5.74, 6) is -3.08. The Morgan fingerprint density at radius 3 is 1.87 bits per heavy atom. The highest BCUT2D eigenvalue weighted by Crippen LogP contribution is 2.53. The fraction of sp³-hybridized carbons (Fsp3) is 0.462. The van der Waals surface area contributed by atoms with Crippen LogP contribution in [0.3, 0.4) is 0 Å². The summed E-state index contributed by atoms with van der Waals surface area (Å²) in [7, 11) is -17.9. The number of carboxylic acid groups (broad SMARTS) is 1. The molecule has 5 rings (SSSR count). The van der Waals surface area contributed by atoms with Gasteiger partial charge >= 0.3 is 5.97 Å². The van der Waals surface area contributed by atoms with Crippen LogP contribution < -0.4 is 4.90 Å². The van der Waals surface area contributed by atoms with Crippen molar-refractivity contribution < 1.29 is 76.3 Å². The number of hydrogen-bond acceptors (Lipinski definition) is 12. The molecule has 0 spiro atoms. The molecule has 2 aromatic rings. The molecule has 334 valence electrons. The second-order valence-corrected chi connectivity index (χ2v) is 22.1. The van der Waals surface area contributed by atoms with Gasteiger partial charge in [-0.25, -0.2) is 0 Å². The molecule has 0 amide bonds. The predicted molar refractivity (Wildman–Crippen MR) is 223 cm³/mol. The van der Waals surface area contributed by atoms with Gasteiger partial charge in [-0.15, -0.1) is 0 Å². The zero-order chi connectivity index (χ0) is 45.5. The third-order valence-electron chi connectivity index (χ3n) is 11.4. The van der Waals surface area contributed by atoms with Crippen molar-refractivity contribution in [3.8, 4) is 0 Å². The molecule has 2 aliphatic heterocycles. The zero-order valence-corrected chi connectivity index (χ0v) is 36.9. The van der Waals surface area contributed by atoms with Crippen LogP contribution in [0.25, 0.3) is 0 Å². The maximum Gasteiger partial charge on any atom is 0.303 e. The van der Waals surface area contributed by atoms with E-state index in [4.69, 9.17) is 5.11 Å². The molecular weight excluding hydrogens is 881 g/mol. The van der Waals surface area contributed by atoms with Crippen LogP contribution in [-0.4, -0.2) is 109 Å². The number of anilines is 1. The van der Waals surface area contributed by atoms with Gasteiger partial charge < -0.3 is 15.1 Å². The number of rotatable bonds is 20. The Labute approximate surface area is 355 Å². The van der Waals surface area contributed by atoms with E-state index < -0.39 is 85.2 Å². The molecule has 1 aliphatic carbocycles. The summed E-state index contributed by atoms with van der Waals surface area (Å²) in [6.45, 7) is 5.59. The quantitative estimate of drug-likeness (QED) is 0.0445. The smallest absolute Gasteiger partial charge is 0.303 e. The molecule has 0 radical (unpaired) electrons. The van der Waals surface area contributed by atoms with Crippen molar-refractivity contribution in [3.63, 3.8) is 0 Å². The van der Waals surface area contributed by atoms with E-state index in [1.807, 2.05) is 0 Å². The van der Waals surface area contributed by atoms with Crippen LogP contribution in [0.4, 0.5) is 11.4 Å². The van der Waals surface area contributed by atoms with Crippen molar-refractivity contribution >= 4 is 69.3 Å². The fourth-order valence-electron chi connectivity index (χ4n) is 8.20. The Morgan fingerprint density at radius 2 is 1.31 bits per heavy atom. The van der Waals surface area contributed by atoms with Gasteiger partial charge in [-0.1, -0.05) is 12.8 Å². The number of Topliss-reactive ketones (excluding diaryl/α,β-unsaturated/α-hetero) is 1. The number of allylic oxidation sites excluding steroid dienone is 5. The largest absolute Gasteiger partial charge is 0.506 e. The first kappa shape index (κ1) is 47.8. The van der Waals surface area contributed by atoms with Crippen molar-refractivity contribution in [3.05, 3.63) is 82.3 Å². The molecule has 0 fully saturated rings. The van der Waals surface area contributed by atoms with Crippen molar-refractivity contribution in [1.82, 2.24) is 0 Å². The Balaban J connectivity index is 1.63. The first-order valence-corrected chi connectivity index (χ1v) is 25.4. The third kappa shape index (κ3) is 10.7. The fourth-order valence-corrected chi connectivity index (χ4v) is 10.4. The number of carbonyl (C=O) groups excluding carboxylic acids is 1. The van der Waals surface area contributed by atoms with Crippen LogP contribution in [0.2, 0.25) is 0 Å². The molecule has 22 heteroatoms. The van der Waals surface area contributed by atoms with Crippen LogP contribution >= 0.6 is 0 Å². The number of aliphatic carboxylic acids is 1. The van der Waals surface area contributed by atoms with Gasteiger partial charge in [-0.05, 0) is 94.8 Å². The molecule has 0 saturated carbocycles. The minimum atomic E-state index is -4.70. The van der Waals surface area contributed by atoms with Crippen molar-refractivity contribution in [2.75, 3.05) is 29.5 Å². The van der Waals surface area contributed by atoms with Crippen LogP contribution in [-0.2, 0) is 60.9 Å². The molecule has 2 heterocycles. The maximum atomic E-state index is 14.2. The van der Waals surface area contributed by atoms with Gasteiger partial charge in [0.05, 0.1) is 37.9 Å². The van der Waals surface area contributed by atoms with Crippen LogP contribution in [0.15, 0.2) is 80.9 Å². The minimum absolute atomic E-state index is 0.0127. The number of unbranched alkanes of at least 4 members (excludes halogenated alkanes) is 4. The second-order valence-electron chi connectivity index (χ2n) is 16.1. The van der Waals surface area contributed by atoms with Crippen LogP contribution in [0, 0.1) is 0 Å². The molecule has 3 aliphatic rings. The number of benzene rings is 2. The average Bonchev–Trinajstić information content (AvgIpc) is 3.49. The number of aliphatic hydroxyl groups excluding tert-OH is 1. The van der Waals surface area contributed by atoms with Crippen molar-refractivity contribution in [2.45, 2.75) is 99.2 Å². The van der Waals surface area contributed by atoms with Gasteiger partial charge in [0.1, 0.15) is 12.3 Å². The first-order chi connectivity index (χ1) is 28.1. The van der Waals surface area contributed by atoms with E-state index in [1.54, 1.807) is 30.2 Å². The molecule has 1 unspecified atom stereocenters. The van der Waals surface area contributed by atoms with Crippen molar-refractivity contribution in [1.29, 1.82) is 0 Å². The topological polar surface area (TPSA) is 298 Å². The second kappa shape index (κ2) is 17.5. The molecule has 6 N–H and O–H groups in total. The summed E-state index contributed by atoms with van der Waals surface area (Å²) in [6.07, 6.45) is 4.73. The summed E-state index contributed by atoms with van der Waals surface area (Å²) in [6, 6.07) is 7.89. The summed E-state index contributed by atoms with van der Waals surface area (Å²) in [5, 5.41) is 20.8. The van der Waals surface area contributed by atoms with Gasteiger partial charge in [0, 0.05) is 53.9 Å². The Morgan fingerprint density at radius 1 is 0.738 bits per heavy atom. The third-order valence-corrected chi connectivity index (χ3v) is 14.7. The van der Waals surface area contributed by atoms with E-state index in [2.05, 4.69) is 0 Å². The highest BCUT2D eigenvalue weighted by molar-refractivity contribution is 7.86. The lowest BCUT2D eigenvalue weighted by Crippen LogP contribution is -2.33. The summed E-state index contributed by atoms with van der Waals surface area (Å²) in [5.41, 5.74) is 0.188. The van der Waals surface area contributed by atoms with Crippen LogP contribution in [0.1, 0.15) is 89.7 Å². The molecule has 2 aromatic carbocycles. The van der Waals surface area contributed by atoms with E-state index in [1.165, 1.54) is 48.6 Å². The number of fused-ring (bicyclic) bond motifs is 2. The maximum absolute atomic E-state index is 14.2. The number of ketones is 1. The summed E-state index contributed by atoms with van der Waals surface area (Å²) >= 11 is 0. The van der Waals surface area contributed by atoms with E-state index >= 15 is 0 Å². The first-order valence-electron chi connectivity index (χ1n) is 19.3. The number of nitrogens with zero attached hydrogens (tertiary/aromatic N) is 2. The van der Waals surface area contributed by atoms with Gasteiger partial charge in [-0.3, -0.25) is 27.8 Å². The van der Waals surface area contributed by atoms with Crippen LogP contribution in [0.5, 0.6) is 0 Å². The SMILES string of the molecule is CC1(C)C(/C=C2\C(=O)C(/C=C3\N(CCCCCC(=O)O)c4ccc(S(=O)(=O)O)cc4C3(C)CCCCS(=O)(=O)O)=C2O)=[N+](CCCCS(=O)(=O)O)c2ccc(S(=O)(=O)O)cc21. The van der Waals surface area contributed by atoms with E-state index in [9.17, 15) is 66.6 Å². The Kier molecular flexibility index (Phi) is 13.7. The van der Waals surface area contributed by atoms with Crippen molar-refractivity contribution in [2.24, 2.45) is 0 Å². The average molecular weight is 930 g/mol. The molecule has 18 nitrogen and oxygen atoms in total. The highest BCUT2D eigenvalue weighted by Gasteiger charge is 2.48. The van der Waals surface area contributed by atoms with Gasteiger partial charge in [-0.2, -0.15) is 38.2 Å². The Bertz CT molecular complexity index is 2730. The van der Waals surface area contributed by atoms with Gasteiger partial charge in [0.2, 0.25) is 11.5 Å². The monoisotopic (exact) mass is 929 g/mol. The number of hydrogen-bond donors (Lipinski definition) is 6. The minimum Gasteiger partial charge on any atom is -0.506 e. The zero-order valence-electron chi connectivity index (χ0n) is 33.6. The molecule has 1 atom stereocenters. The molecule has 61 heavy (non-hydrogen) atoms. The molecular formula is C39H49N2O16S4+. The number of carboxylic acids is 1. The number of aliphatic hydroxyl groups is 1. The Hall–Kier alpha value is -4.29. The lowest BCUT2D eigenvalue weighted by Gasteiger charge is -2.32.